The normalized spacial score (nSPS) is 23.9. The van der Waals surface area contributed by atoms with Crippen LogP contribution in [0.5, 0.6) is 17.2 Å². The molecule has 0 aliphatic carbocycles. The molecule has 260 valence electrons. The van der Waals surface area contributed by atoms with Crippen LogP contribution in [0, 0.1) is 18.8 Å². The molecule has 1 amide bonds. The lowest BCUT2D eigenvalue weighted by molar-refractivity contribution is -0.0907. The second-order valence-corrected chi connectivity index (χ2v) is 15.2. The van der Waals surface area contributed by atoms with Gasteiger partial charge in [0.05, 0.1) is 49.6 Å². The standard InChI is InChI=1S/C33H41N3O10S2/c1-20(2)14-36(48(39,40)25-8-9-29-30(13-25)45-19-44-29)15-28(37)27(35-33(38)46-31-17-43-32-26(31)10-11-41-32)12-22-4-6-24(7-5-22)42-16-23-18-47-21(3)34-23/h4-9,13,18,20,26-28,31-32,37H,10-12,14-17,19H2,1-3H3,(H,35,38)/t26-,27-,28+,31-,32+/m0/s1/i16D2,19D2. The van der Waals surface area contributed by atoms with Gasteiger partial charge in [-0.05, 0) is 55.5 Å². The highest BCUT2D eigenvalue weighted by atomic mass is 32.2. The van der Waals surface area contributed by atoms with Crippen LogP contribution in [0.4, 0.5) is 4.79 Å². The van der Waals surface area contributed by atoms with Gasteiger partial charge >= 0.3 is 6.09 Å². The third-order valence-electron chi connectivity index (χ3n) is 8.10. The number of nitrogens with zero attached hydrogens (tertiary/aromatic N) is 2. The lowest BCUT2D eigenvalue weighted by atomic mass is 10.0. The Labute approximate surface area is 289 Å². The van der Waals surface area contributed by atoms with Gasteiger partial charge in [-0.3, -0.25) is 0 Å². The second kappa shape index (κ2) is 15.0. The highest BCUT2D eigenvalue weighted by Gasteiger charge is 2.44. The van der Waals surface area contributed by atoms with E-state index in [0.29, 0.717) is 23.6 Å². The maximum atomic E-state index is 14.0. The fraction of sp³-hybridized carbons (Fsp3) is 0.515. The Kier molecular flexibility index (Phi) is 9.18. The minimum atomic E-state index is -4.27. The van der Waals surface area contributed by atoms with E-state index in [1.807, 2.05) is 13.8 Å². The third kappa shape index (κ3) is 8.21. The van der Waals surface area contributed by atoms with Crippen molar-refractivity contribution in [2.24, 2.45) is 11.8 Å². The molecule has 0 saturated carbocycles. The van der Waals surface area contributed by atoms with Crippen molar-refractivity contribution in [2.45, 2.75) is 69.6 Å². The quantitative estimate of drug-likeness (QED) is 0.251. The third-order valence-corrected chi connectivity index (χ3v) is 10.7. The van der Waals surface area contributed by atoms with Gasteiger partial charge in [-0.2, -0.15) is 4.31 Å². The smallest absolute Gasteiger partial charge is 0.407 e. The Balaban J connectivity index is 1.21. The first-order valence-electron chi connectivity index (χ1n) is 17.6. The van der Waals surface area contributed by atoms with Gasteiger partial charge in [0.15, 0.2) is 17.8 Å². The second-order valence-electron chi connectivity index (χ2n) is 12.2. The summed E-state index contributed by atoms with van der Waals surface area (Å²) >= 11 is 1.31. The zero-order valence-electron chi connectivity index (χ0n) is 30.7. The first kappa shape index (κ1) is 29.4. The summed E-state index contributed by atoms with van der Waals surface area (Å²) in [7, 11) is -4.27. The van der Waals surface area contributed by atoms with Gasteiger partial charge in [-0.1, -0.05) is 26.0 Å². The van der Waals surface area contributed by atoms with E-state index in [-0.39, 0.29) is 59.2 Å². The molecule has 3 aromatic rings. The molecular weight excluding hydrogens is 663 g/mol. The SMILES string of the molecule is [2H]C1([2H])Oc2ccc(S(=O)(=O)N(CC(C)C)C[C@@H](O)[C@H](Cc3ccc(OC([2H])([2H])c4csc(C)n4)cc3)NC(=O)O[C@H]3CO[C@H]4OCC[C@H]43)cc2O1. The number of sulfonamides is 1. The molecule has 48 heavy (non-hydrogen) atoms. The molecule has 13 nitrogen and oxygen atoms in total. The Morgan fingerprint density at radius 1 is 1.19 bits per heavy atom. The zero-order valence-corrected chi connectivity index (χ0v) is 28.3. The van der Waals surface area contributed by atoms with Crippen molar-refractivity contribution in [3.05, 3.63) is 64.1 Å². The van der Waals surface area contributed by atoms with Crippen LogP contribution < -0.4 is 19.5 Å². The van der Waals surface area contributed by atoms with Crippen molar-refractivity contribution in [2.75, 3.05) is 33.0 Å². The van der Waals surface area contributed by atoms with Crippen LogP contribution in [0.3, 0.4) is 0 Å². The van der Waals surface area contributed by atoms with E-state index < -0.39 is 60.5 Å². The maximum absolute atomic E-state index is 14.0. The van der Waals surface area contributed by atoms with Gasteiger partial charge < -0.3 is 38.8 Å². The Hall–Kier alpha value is -3.47. The van der Waals surface area contributed by atoms with Gasteiger partial charge in [-0.25, -0.2) is 18.2 Å². The number of ether oxygens (including phenoxy) is 6. The molecule has 0 spiro atoms. The number of alkyl carbamates (subject to hydrolysis) is 1. The molecule has 6 rings (SSSR count). The van der Waals surface area contributed by atoms with E-state index in [4.69, 9.17) is 33.9 Å². The highest BCUT2D eigenvalue weighted by molar-refractivity contribution is 7.89. The predicted octanol–water partition coefficient (Wildman–Crippen LogP) is 3.87. The number of amides is 1. The van der Waals surface area contributed by atoms with Gasteiger partial charge in [0.1, 0.15) is 21.2 Å². The van der Waals surface area contributed by atoms with Crippen molar-refractivity contribution >= 4 is 27.5 Å². The summed E-state index contributed by atoms with van der Waals surface area (Å²) < 4.78 is 93.8. The number of hydrogen-bond donors (Lipinski definition) is 2. The van der Waals surface area contributed by atoms with Crippen molar-refractivity contribution < 1.29 is 52.2 Å². The molecule has 15 heteroatoms. The van der Waals surface area contributed by atoms with Crippen LogP contribution in [-0.4, -0.2) is 86.5 Å². The molecular formula is C33H41N3O10S2. The van der Waals surface area contributed by atoms with Crippen LogP contribution in [0.2, 0.25) is 0 Å². The number of aliphatic hydroxyl groups is 1. The number of aromatic nitrogens is 1. The fourth-order valence-electron chi connectivity index (χ4n) is 5.71. The maximum Gasteiger partial charge on any atom is 0.407 e. The molecule has 5 atom stereocenters. The molecule has 2 fully saturated rings. The van der Waals surface area contributed by atoms with Crippen LogP contribution in [0.25, 0.3) is 0 Å². The van der Waals surface area contributed by atoms with Crippen LogP contribution >= 0.6 is 11.3 Å². The van der Waals surface area contributed by atoms with E-state index in [1.54, 1.807) is 36.6 Å². The number of hydrogen-bond acceptors (Lipinski definition) is 12. The average molecular weight is 708 g/mol. The molecule has 2 aromatic carbocycles. The van der Waals surface area contributed by atoms with Crippen molar-refractivity contribution in [1.29, 1.82) is 0 Å². The summed E-state index contributed by atoms with van der Waals surface area (Å²) in [5.74, 6) is -0.0842. The average Bonchev–Trinajstić information content (AvgIpc) is 3.85. The molecule has 3 aliphatic heterocycles. The minimum absolute atomic E-state index is 0.0147. The summed E-state index contributed by atoms with van der Waals surface area (Å²) in [5, 5.41) is 16.7. The molecule has 0 radical (unpaired) electrons. The van der Waals surface area contributed by atoms with Gasteiger partial charge in [-0.15, -0.1) is 11.3 Å². The van der Waals surface area contributed by atoms with Crippen LogP contribution in [0.1, 0.15) is 42.0 Å². The van der Waals surface area contributed by atoms with E-state index in [9.17, 15) is 18.3 Å². The Morgan fingerprint density at radius 2 is 1.98 bits per heavy atom. The summed E-state index contributed by atoms with van der Waals surface area (Å²) in [6.45, 7) is 1.02. The number of nitrogens with one attached hydrogen (secondary N) is 1. The van der Waals surface area contributed by atoms with E-state index in [1.165, 1.54) is 29.5 Å². The monoisotopic (exact) mass is 707 g/mol. The number of carbonyl (C=O) groups excluding carboxylic acids is 1. The summed E-state index contributed by atoms with van der Waals surface area (Å²) in [6, 6.07) is 9.14. The van der Waals surface area contributed by atoms with E-state index >= 15 is 0 Å². The number of aliphatic hydroxyl groups excluding tert-OH is 1. The molecule has 2 saturated heterocycles. The number of aryl methyl sites for hydroxylation is 1. The van der Waals surface area contributed by atoms with Gasteiger partial charge in [0.2, 0.25) is 16.8 Å². The lowest BCUT2D eigenvalue weighted by Crippen LogP contribution is -2.51. The first-order valence-corrected chi connectivity index (χ1v) is 17.9. The zero-order chi connectivity index (χ0) is 37.4. The van der Waals surface area contributed by atoms with E-state index in [0.717, 1.165) is 4.31 Å². The molecule has 0 unspecified atom stereocenters. The molecule has 1 aromatic heterocycles. The van der Waals surface area contributed by atoms with Gasteiger partial charge in [0.25, 0.3) is 0 Å². The fourth-order valence-corrected chi connectivity index (χ4v) is 7.88. The van der Waals surface area contributed by atoms with E-state index in [2.05, 4.69) is 10.3 Å². The number of benzene rings is 2. The molecule has 0 bridgehead atoms. The Morgan fingerprint density at radius 3 is 2.73 bits per heavy atom. The first-order chi connectivity index (χ1) is 24.5. The largest absolute Gasteiger partial charge is 0.487 e. The number of thiazole rings is 1. The number of rotatable bonds is 14. The highest BCUT2D eigenvalue weighted by Crippen LogP contribution is 2.35. The van der Waals surface area contributed by atoms with Crippen LogP contribution in [0.15, 0.2) is 52.7 Å². The van der Waals surface area contributed by atoms with Gasteiger partial charge in [0, 0.05) is 24.5 Å². The summed E-state index contributed by atoms with van der Waals surface area (Å²) in [6.07, 6.45) is -2.57. The van der Waals surface area contributed by atoms with Crippen molar-refractivity contribution in [1.82, 2.24) is 14.6 Å². The minimum Gasteiger partial charge on any atom is -0.487 e. The Bertz CT molecular complexity index is 1850. The summed E-state index contributed by atoms with van der Waals surface area (Å²) in [4.78, 5) is 17.3. The van der Waals surface area contributed by atoms with Crippen molar-refractivity contribution in [3.63, 3.8) is 0 Å². The van der Waals surface area contributed by atoms with Crippen LogP contribution in [-0.2, 0) is 37.2 Å². The molecule has 2 N–H and O–H groups in total. The topological polar surface area (TPSA) is 155 Å². The number of fused-ring (bicyclic) bond motifs is 2. The molecule has 3 aliphatic rings. The predicted molar refractivity (Wildman–Crippen MR) is 174 cm³/mol. The van der Waals surface area contributed by atoms with Crippen molar-refractivity contribution in [3.8, 4) is 17.2 Å². The molecule has 4 heterocycles. The number of carbonyl (C=O) groups is 1. The summed E-state index contributed by atoms with van der Waals surface area (Å²) in [5.41, 5.74) is 0.772. The lowest BCUT2D eigenvalue weighted by Gasteiger charge is -2.31.